The minimum absolute atomic E-state index is 0.121. The maximum absolute atomic E-state index is 12.0. The number of carbonyl (C=O) groups excluding carboxylic acids is 2. The molecule has 2 rings (SSSR count). The van der Waals surface area contributed by atoms with Crippen LogP contribution >= 0.6 is 0 Å². The summed E-state index contributed by atoms with van der Waals surface area (Å²) in [6.45, 7) is 6.71. The molecule has 7 heteroatoms. The molecule has 1 aromatic heterocycles. The highest BCUT2D eigenvalue weighted by Gasteiger charge is 2.11. The Labute approximate surface area is 141 Å². The number of hydrogen-bond donors (Lipinski definition) is 3. The van der Waals surface area contributed by atoms with Crippen molar-refractivity contribution < 1.29 is 9.59 Å². The molecule has 0 fully saturated rings. The lowest BCUT2D eigenvalue weighted by Crippen LogP contribution is -2.36. The van der Waals surface area contributed by atoms with Crippen molar-refractivity contribution in [2.24, 2.45) is 0 Å². The molecule has 128 valence electrons. The second-order valence-electron chi connectivity index (χ2n) is 5.69. The summed E-state index contributed by atoms with van der Waals surface area (Å²) >= 11 is 0. The number of urea groups is 1. The Morgan fingerprint density at radius 3 is 2.62 bits per heavy atom. The van der Waals surface area contributed by atoms with Gasteiger partial charge in [-0.1, -0.05) is 29.8 Å². The molecule has 0 bridgehead atoms. The van der Waals surface area contributed by atoms with Crippen LogP contribution in [0, 0.1) is 13.8 Å². The van der Waals surface area contributed by atoms with E-state index in [1.54, 1.807) is 10.9 Å². The summed E-state index contributed by atoms with van der Waals surface area (Å²) in [5.41, 5.74) is 3.19. The first-order valence-corrected chi connectivity index (χ1v) is 7.83. The van der Waals surface area contributed by atoms with Crippen LogP contribution in [0.25, 0.3) is 0 Å². The first-order valence-electron chi connectivity index (χ1n) is 7.83. The number of anilines is 1. The highest BCUT2D eigenvalue weighted by molar-refractivity contribution is 5.89. The third-order valence-electron chi connectivity index (χ3n) is 3.45. The number of amides is 3. The van der Waals surface area contributed by atoms with Gasteiger partial charge in [0, 0.05) is 25.6 Å². The summed E-state index contributed by atoms with van der Waals surface area (Å²) < 4.78 is 1.76. The van der Waals surface area contributed by atoms with Crippen LogP contribution in [0.2, 0.25) is 0 Å². The summed E-state index contributed by atoms with van der Waals surface area (Å²) in [6.07, 6.45) is 1.72. The highest BCUT2D eigenvalue weighted by Crippen LogP contribution is 2.16. The Hall–Kier alpha value is -2.83. The summed E-state index contributed by atoms with van der Waals surface area (Å²) in [4.78, 5) is 22.8. The van der Waals surface area contributed by atoms with Gasteiger partial charge < -0.3 is 10.6 Å². The average molecular weight is 329 g/mol. The standard InChI is InChI=1S/C17H23N5O2/c1-12-5-4-6-15(9-12)11-22-16(13(2)10-20-22)21-17(24)19-8-7-18-14(3)23/h4-6,9-10H,7-8,11H2,1-3H3,(H,18,23)(H2,19,21,24). The van der Waals surface area contributed by atoms with Gasteiger partial charge in [0.1, 0.15) is 5.82 Å². The average Bonchev–Trinajstić information content (AvgIpc) is 2.84. The van der Waals surface area contributed by atoms with Gasteiger partial charge in [0.25, 0.3) is 0 Å². The van der Waals surface area contributed by atoms with Crippen LogP contribution in [0.1, 0.15) is 23.6 Å². The van der Waals surface area contributed by atoms with Gasteiger partial charge in [-0.25, -0.2) is 9.48 Å². The van der Waals surface area contributed by atoms with E-state index in [1.165, 1.54) is 12.5 Å². The molecule has 0 radical (unpaired) electrons. The molecule has 3 amide bonds. The molecule has 0 saturated heterocycles. The first kappa shape index (κ1) is 17.5. The van der Waals surface area contributed by atoms with Crippen molar-refractivity contribution in [1.82, 2.24) is 20.4 Å². The van der Waals surface area contributed by atoms with Crippen molar-refractivity contribution in [3.05, 3.63) is 47.2 Å². The van der Waals surface area contributed by atoms with Gasteiger partial charge in [-0.3, -0.25) is 10.1 Å². The molecule has 0 unspecified atom stereocenters. The van der Waals surface area contributed by atoms with Crippen LogP contribution in [0.3, 0.4) is 0 Å². The van der Waals surface area contributed by atoms with Gasteiger partial charge in [0.05, 0.1) is 12.7 Å². The lowest BCUT2D eigenvalue weighted by atomic mass is 10.1. The molecular formula is C17H23N5O2. The van der Waals surface area contributed by atoms with E-state index in [9.17, 15) is 9.59 Å². The smallest absolute Gasteiger partial charge is 0.320 e. The van der Waals surface area contributed by atoms with Gasteiger partial charge in [0.2, 0.25) is 5.91 Å². The SMILES string of the molecule is CC(=O)NCCNC(=O)Nc1c(C)cnn1Cc1cccc(C)c1. The Morgan fingerprint density at radius 1 is 1.17 bits per heavy atom. The van der Waals surface area contributed by atoms with E-state index < -0.39 is 0 Å². The number of aryl methyl sites for hydroxylation is 2. The summed E-state index contributed by atoms with van der Waals surface area (Å²) in [7, 11) is 0. The molecule has 0 aliphatic heterocycles. The third-order valence-corrected chi connectivity index (χ3v) is 3.45. The molecular weight excluding hydrogens is 306 g/mol. The topological polar surface area (TPSA) is 88.1 Å². The maximum atomic E-state index is 12.0. The maximum Gasteiger partial charge on any atom is 0.320 e. The Bertz CT molecular complexity index is 724. The van der Waals surface area contributed by atoms with Crippen LogP contribution < -0.4 is 16.0 Å². The zero-order chi connectivity index (χ0) is 17.5. The van der Waals surface area contributed by atoms with E-state index in [1.807, 2.05) is 32.0 Å². The summed E-state index contributed by atoms with van der Waals surface area (Å²) in [5, 5.41) is 12.5. The van der Waals surface area contributed by atoms with Crippen molar-refractivity contribution in [1.29, 1.82) is 0 Å². The Morgan fingerprint density at radius 2 is 1.92 bits per heavy atom. The zero-order valence-corrected chi connectivity index (χ0v) is 14.2. The van der Waals surface area contributed by atoms with Crippen molar-refractivity contribution in [3.63, 3.8) is 0 Å². The molecule has 24 heavy (non-hydrogen) atoms. The fourth-order valence-electron chi connectivity index (χ4n) is 2.31. The fraction of sp³-hybridized carbons (Fsp3) is 0.353. The van der Waals surface area contributed by atoms with Gasteiger partial charge in [-0.2, -0.15) is 5.10 Å². The predicted molar refractivity (Wildman–Crippen MR) is 93.0 cm³/mol. The summed E-state index contributed by atoms with van der Waals surface area (Å²) in [6, 6.07) is 7.84. The summed E-state index contributed by atoms with van der Waals surface area (Å²) in [5.74, 6) is 0.540. The predicted octanol–water partition coefficient (Wildman–Crippen LogP) is 1.81. The number of carbonyl (C=O) groups is 2. The number of rotatable bonds is 6. The zero-order valence-electron chi connectivity index (χ0n) is 14.2. The van der Waals surface area contributed by atoms with Crippen LogP contribution in [0.4, 0.5) is 10.6 Å². The van der Waals surface area contributed by atoms with Gasteiger partial charge in [-0.05, 0) is 19.4 Å². The minimum atomic E-state index is -0.325. The second-order valence-corrected chi connectivity index (χ2v) is 5.69. The van der Waals surface area contributed by atoms with Crippen LogP contribution in [0.15, 0.2) is 30.5 Å². The van der Waals surface area contributed by atoms with Gasteiger partial charge >= 0.3 is 6.03 Å². The molecule has 2 aromatic rings. The molecule has 7 nitrogen and oxygen atoms in total. The van der Waals surface area contributed by atoms with E-state index >= 15 is 0 Å². The molecule has 0 aliphatic carbocycles. The van der Waals surface area contributed by atoms with E-state index in [-0.39, 0.29) is 11.9 Å². The molecule has 0 saturated carbocycles. The van der Waals surface area contributed by atoms with E-state index in [4.69, 9.17) is 0 Å². The highest BCUT2D eigenvalue weighted by atomic mass is 16.2. The van der Waals surface area contributed by atoms with Crippen molar-refractivity contribution in [2.75, 3.05) is 18.4 Å². The molecule has 1 heterocycles. The van der Waals surface area contributed by atoms with Crippen LogP contribution in [-0.2, 0) is 11.3 Å². The first-order chi connectivity index (χ1) is 11.5. The van der Waals surface area contributed by atoms with Crippen LogP contribution in [-0.4, -0.2) is 34.8 Å². The number of nitrogens with zero attached hydrogens (tertiary/aromatic N) is 2. The molecule has 1 aromatic carbocycles. The quantitative estimate of drug-likeness (QED) is 0.706. The minimum Gasteiger partial charge on any atom is -0.355 e. The Kier molecular flexibility index (Phi) is 5.95. The van der Waals surface area contributed by atoms with Crippen LogP contribution in [0.5, 0.6) is 0 Å². The van der Waals surface area contributed by atoms with Gasteiger partial charge in [-0.15, -0.1) is 0 Å². The largest absolute Gasteiger partial charge is 0.355 e. The monoisotopic (exact) mass is 329 g/mol. The normalized spacial score (nSPS) is 10.3. The number of hydrogen-bond acceptors (Lipinski definition) is 3. The van der Waals surface area contributed by atoms with Gasteiger partial charge in [0.15, 0.2) is 0 Å². The lowest BCUT2D eigenvalue weighted by Gasteiger charge is -2.12. The number of aromatic nitrogens is 2. The van der Waals surface area contributed by atoms with E-state index in [0.29, 0.717) is 25.5 Å². The molecule has 0 aliphatic rings. The van der Waals surface area contributed by atoms with Crippen molar-refractivity contribution >= 4 is 17.8 Å². The lowest BCUT2D eigenvalue weighted by molar-refractivity contribution is -0.118. The van der Waals surface area contributed by atoms with Crippen molar-refractivity contribution in [2.45, 2.75) is 27.3 Å². The molecule has 0 atom stereocenters. The number of nitrogens with one attached hydrogen (secondary N) is 3. The molecule has 0 spiro atoms. The Balaban J connectivity index is 1.96. The number of benzene rings is 1. The third kappa shape index (κ3) is 5.12. The van der Waals surface area contributed by atoms with E-state index in [0.717, 1.165) is 11.1 Å². The van der Waals surface area contributed by atoms with Crippen molar-refractivity contribution in [3.8, 4) is 0 Å². The van der Waals surface area contributed by atoms with E-state index in [2.05, 4.69) is 27.1 Å². The second kappa shape index (κ2) is 8.14. The molecule has 3 N–H and O–H groups in total. The fourth-order valence-corrected chi connectivity index (χ4v) is 2.31.